The second-order valence-corrected chi connectivity index (χ2v) is 4.18. The lowest BCUT2D eigenvalue weighted by Gasteiger charge is -2.25. The summed E-state index contributed by atoms with van der Waals surface area (Å²) in [6.45, 7) is 2.05. The van der Waals surface area contributed by atoms with Crippen LogP contribution in [0.15, 0.2) is 0 Å². The third-order valence-corrected chi connectivity index (χ3v) is 3.11. The molecule has 1 fully saturated rings. The van der Waals surface area contributed by atoms with Crippen LogP contribution in [0.5, 0.6) is 0 Å². The summed E-state index contributed by atoms with van der Waals surface area (Å²) in [6.07, 6.45) is 6.11. The Kier molecular flexibility index (Phi) is 4.07. The zero-order chi connectivity index (χ0) is 8.97. The molecule has 0 saturated heterocycles. The molecule has 0 aromatic rings. The normalized spacial score (nSPS) is 30.2. The molecular formula is C10H17ClO. The van der Waals surface area contributed by atoms with Crippen LogP contribution < -0.4 is 0 Å². The van der Waals surface area contributed by atoms with Gasteiger partial charge in [-0.3, -0.25) is 4.79 Å². The summed E-state index contributed by atoms with van der Waals surface area (Å²) in [5.74, 6) is 0.553. The zero-order valence-electron chi connectivity index (χ0n) is 7.68. The van der Waals surface area contributed by atoms with Gasteiger partial charge in [-0.05, 0) is 19.3 Å². The van der Waals surface area contributed by atoms with Gasteiger partial charge in [0.2, 0.25) is 0 Å². The molecule has 1 aliphatic carbocycles. The number of ketones is 1. The molecule has 0 unspecified atom stereocenters. The standard InChI is InChI=1S/C10H17ClO/c1-2-5-10(12)8-6-3-4-7-9(8)11/h8-9H,2-7H2,1H3/t8-,9-/m0/s1. The van der Waals surface area contributed by atoms with Gasteiger partial charge in [-0.15, -0.1) is 11.6 Å². The van der Waals surface area contributed by atoms with Crippen molar-refractivity contribution >= 4 is 17.4 Å². The Morgan fingerprint density at radius 2 is 2.08 bits per heavy atom. The van der Waals surface area contributed by atoms with Crippen molar-refractivity contribution in [3.8, 4) is 0 Å². The molecule has 0 radical (unpaired) electrons. The minimum absolute atomic E-state index is 0.123. The van der Waals surface area contributed by atoms with Crippen molar-refractivity contribution in [1.82, 2.24) is 0 Å². The van der Waals surface area contributed by atoms with Crippen molar-refractivity contribution < 1.29 is 4.79 Å². The molecule has 1 saturated carbocycles. The fourth-order valence-corrected chi connectivity index (χ4v) is 2.30. The van der Waals surface area contributed by atoms with Crippen LogP contribution in [-0.2, 0) is 4.79 Å². The Hall–Kier alpha value is -0.0400. The van der Waals surface area contributed by atoms with Gasteiger partial charge in [0.05, 0.1) is 0 Å². The van der Waals surface area contributed by atoms with Crippen LogP contribution in [0.1, 0.15) is 45.4 Å². The van der Waals surface area contributed by atoms with Crippen molar-refractivity contribution in [3.05, 3.63) is 0 Å². The third-order valence-electron chi connectivity index (χ3n) is 2.59. The van der Waals surface area contributed by atoms with E-state index in [9.17, 15) is 4.79 Å². The van der Waals surface area contributed by atoms with Crippen LogP contribution in [0.25, 0.3) is 0 Å². The van der Waals surface area contributed by atoms with Gasteiger partial charge in [-0.25, -0.2) is 0 Å². The third kappa shape index (κ3) is 2.48. The van der Waals surface area contributed by atoms with E-state index in [1.165, 1.54) is 12.8 Å². The van der Waals surface area contributed by atoms with E-state index in [0.717, 1.165) is 19.3 Å². The smallest absolute Gasteiger partial charge is 0.137 e. The largest absolute Gasteiger partial charge is 0.299 e. The highest BCUT2D eigenvalue weighted by molar-refractivity contribution is 6.22. The minimum atomic E-state index is 0.123. The maximum absolute atomic E-state index is 11.5. The molecule has 0 bridgehead atoms. The number of carbonyl (C=O) groups excluding carboxylic acids is 1. The maximum Gasteiger partial charge on any atom is 0.137 e. The molecule has 0 amide bonds. The quantitative estimate of drug-likeness (QED) is 0.622. The summed E-state index contributed by atoms with van der Waals surface area (Å²) in [4.78, 5) is 11.5. The number of hydrogen-bond acceptors (Lipinski definition) is 1. The van der Waals surface area contributed by atoms with Crippen molar-refractivity contribution in [2.24, 2.45) is 5.92 Å². The van der Waals surface area contributed by atoms with E-state index < -0.39 is 0 Å². The molecule has 0 N–H and O–H groups in total. The summed E-state index contributed by atoms with van der Waals surface area (Å²) >= 11 is 6.09. The Morgan fingerprint density at radius 1 is 1.42 bits per heavy atom. The number of halogens is 1. The summed E-state index contributed by atoms with van der Waals surface area (Å²) < 4.78 is 0. The molecule has 1 aliphatic rings. The molecule has 2 heteroatoms. The second-order valence-electron chi connectivity index (χ2n) is 3.62. The first-order chi connectivity index (χ1) is 5.75. The summed E-state index contributed by atoms with van der Waals surface area (Å²) in [6, 6.07) is 0. The van der Waals surface area contributed by atoms with Crippen molar-refractivity contribution in [2.45, 2.75) is 50.8 Å². The van der Waals surface area contributed by atoms with Crippen LogP contribution >= 0.6 is 11.6 Å². The van der Waals surface area contributed by atoms with Crippen molar-refractivity contribution in [2.75, 3.05) is 0 Å². The van der Waals surface area contributed by atoms with E-state index in [-0.39, 0.29) is 11.3 Å². The van der Waals surface area contributed by atoms with Crippen molar-refractivity contribution in [1.29, 1.82) is 0 Å². The van der Waals surface area contributed by atoms with Crippen LogP contribution in [0, 0.1) is 5.92 Å². The average Bonchev–Trinajstić information content (AvgIpc) is 2.05. The predicted molar refractivity (Wildman–Crippen MR) is 51.5 cm³/mol. The lowest BCUT2D eigenvalue weighted by atomic mass is 9.84. The molecule has 2 atom stereocenters. The lowest BCUT2D eigenvalue weighted by molar-refractivity contribution is -0.123. The van der Waals surface area contributed by atoms with E-state index in [1.54, 1.807) is 0 Å². The van der Waals surface area contributed by atoms with Gasteiger partial charge in [0.25, 0.3) is 0 Å². The summed E-state index contributed by atoms with van der Waals surface area (Å²) in [5, 5.41) is 0.123. The van der Waals surface area contributed by atoms with Gasteiger partial charge < -0.3 is 0 Å². The Balaban J connectivity index is 2.42. The molecule has 0 aromatic carbocycles. The van der Waals surface area contributed by atoms with E-state index in [0.29, 0.717) is 12.2 Å². The maximum atomic E-state index is 11.5. The fraction of sp³-hybridized carbons (Fsp3) is 0.900. The van der Waals surface area contributed by atoms with Gasteiger partial charge in [-0.2, -0.15) is 0 Å². The topological polar surface area (TPSA) is 17.1 Å². The molecule has 0 aliphatic heterocycles. The van der Waals surface area contributed by atoms with E-state index in [2.05, 4.69) is 0 Å². The number of Topliss-reactive ketones (excluding diaryl/α,β-unsaturated/α-hetero) is 1. The second kappa shape index (κ2) is 4.86. The monoisotopic (exact) mass is 188 g/mol. The van der Waals surface area contributed by atoms with Crippen LogP contribution in [0.2, 0.25) is 0 Å². The van der Waals surface area contributed by atoms with E-state index >= 15 is 0 Å². The van der Waals surface area contributed by atoms with Gasteiger partial charge >= 0.3 is 0 Å². The molecule has 70 valence electrons. The first-order valence-corrected chi connectivity index (χ1v) is 5.36. The molecule has 1 nitrogen and oxygen atoms in total. The number of alkyl halides is 1. The molecule has 0 spiro atoms. The summed E-state index contributed by atoms with van der Waals surface area (Å²) in [7, 11) is 0. The molecule has 0 aromatic heterocycles. The molecule has 1 rings (SSSR count). The first-order valence-electron chi connectivity index (χ1n) is 4.92. The minimum Gasteiger partial charge on any atom is -0.299 e. The number of rotatable bonds is 3. The Morgan fingerprint density at radius 3 is 2.67 bits per heavy atom. The van der Waals surface area contributed by atoms with Crippen LogP contribution in [0.3, 0.4) is 0 Å². The predicted octanol–water partition coefficient (Wildman–Crippen LogP) is 3.15. The SMILES string of the molecule is CCCC(=O)[C@H]1CCCC[C@@H]1Cl. The highest BCUT2D eigenvalue weighted by atomic mass is 35.5. The number of hydrogen-bond donors (Lipinski definition) is 0. The fourth-order valence-electron chi connectivity index (χ4n) is 1.88. The average molecular weight is 189 g/mol. The number of carbonyl (C=O) groups is 1. The van der Waals surface area contributed by atoms with Gasteiger partial charge in [0.15, 0.2) is 0 Å². The molecule has 12 heavy (non-hydrogen) atoms. The van der Waals surface area contributed by atoms with E-state index in [4.69, 9.17) is 11.6 Å². The Labute approximate surface area is 79.5 Å². The van der Waals surface area contributed by atoms with Gasteiger partial charge in [0, 0.05) is 17.7 Å². The van der Waals surface area contributed by atoms with Gasteiger partial charge in [0.1, 0.15) is 5.78 Å². The van der Waals surface area contributed by atoms with Gasteiger partial charge in [-0.1, -0.05) is 19.8 Å². The summed E-state index contributed by atoms with van der Waals surface area (Å²) in [5.41, 5.74) is 0. The highest BCUT2D eigenvalue weighted by Gasteiger charge is 2.28. The molecular weight excluding hydrogens is 172 g/mol. The Bertz CT molecular complexity index is 156. The van der Waals surface area contributed by atoms with E-state index in [1.807, 2.05) is 6.92 Å². The zero-order valence-corrected chi connectivity index (χ0v) is 8.44. The lowest BCUT2D eigenvalue weighted by Crippen LogP contribution is -2.27. The first kappa shape index (κ1) is 10.0. The van der Waals surface area contributed by atoms with Crippen LogP contribution in [-0.4, -0.2) is 11.2 Å². The molecule has 0 heterocycles. The van der Waals surface area contributed by atoms with Crippen LogP contribution in [0.4, 0.5) is 0 Å². The highest BCUT2D eigenvalue weighted by Crippen LogP contribution is 2.30. The van der Waals surface area contributed by atoms with Crippen molar-refractivity contribution in [3.63, 3.8) is 0 Å².